The third kappa shape index (κ3) is 2.34. The van der Waals surface area contributed by atoms with Gasteiger partial charge in [0, 0.05) is 16.1 Å². The van der Waals surface area contributed by atoms with E-state index in [1.54, 1.807) is 11.3 Å². The molecule has 0 fully saturated rings. The van der Waals surface area contributed by atoms with Crippen LogP contribution in [-0.4, -0.2) is 4.98 Å². The van der Waals surface area contributed by atoms with Crippen molar-refractivity contribution in [2.75, 3.05) is 5.73 Å². The molecule has 1 aromatic carbocycles. The van der Waals surface area contributed by atoms with Crippen molar-refractivity contribution in [1.82, 2.24) is 11.1 Å². The van der Waals surface area contributed by atoms with Crippen LogP contribution in [0.15, 0.2) is 24.3 Å². The lowest BCUT2D eigenvalue weighted by Crippen LogP contribution is -1.85. The van der Waals surface area contributed by atoms with E-state index in [4.69, 9.17) is 5.73 Å². The first-order valence-corrected chi connectivity index (χ1v) is 5.28. The van der Waals surface area contributed by atoms with Crippen molar-refractivity contribution in [2.45, 2.75) is 13.8 Å². The molecule has 1 heterocycles. The molecule has 2 rings (SSSR count). The van der Waals surface area contributed by atoms with Crippen molar-refractivity contribution in [3.63, 3.8) is 0 Å². The Hall–Kier alpha value is -1.39. The molecule has 0 aliphatic carbocycles. The maximum Gasteiger partial charge on any atom is 0.0904 e. The Labute approximate surface area is 93.6 Å². The van der Waals surface area contributed by atoms with Crippen molar-refractivity contribution in [3.05, 3.63) is 34.2 Å². The Kier molecular flexibility index (Phi) is 3.44. The minimum Gasteiger partial charge on any atom is -0.399 e. The van der Waals surface area contributed by atoms with Gasteiger partial charge in [0.05, 0.1) is 10.7 Å². The summed E-state index contributed by atoms with van der Waals surface area (Å²) in [6, 6.07) is 7.83. The predicted molar refractivity (Wildman–Crippen MR) is 66.5 cm³/mol. The van der Waals surface area contributed by atoms with Crippen LogP contribution in [0.25, 0.3) is 11.3 Å². The van der Waals surface area contributed by atoms with Crippen LogP contribution in [0.3, 0.4) is 0 Å². The van der Waals surface area contributed by atoms with Crippen LogP contribution in [-0.2, 0) is 0 Å². The molecule has 0 radical (unpaired) electrons. The second-order valence-electron chi connectivity index (χ2n) is 3.26. The summed E-state index contributed by atoms with van der Waals surface area (Å²) in [5.74, 6) is 0. The van der Waals surface area contributed by atoms with Crippen molar-refractivity contribution in [1.29, 1.82) is 0 Å². The van der Waals surface area contributed by atoms with E-state index in [9.17, 15) is 0 Å². The third-order valence-electron chi connectivity index (χ3n) is 2.09. The van der Waals surface area contributed by atoms with Gasteiger partial charge in [0.1, 0.15) is 0 Å². The Morgan fingerprint density at radius 2 is 1.73 bits per heavy atom. The molecular formula is C11H15N3S. The fourth-order valence-corrected chi connectivity index (χ4v) is 2.28. The summed E-state index contributed by atoms with van der Waals surface area (Å²) in [5.41, 5.74) is 8.64. The second-order valence-corrected chi connectivity index (χ2v) is 4.67. The van der Waals surface area contributed by atoms with Crippen LogP contribution >= 0.6 is 11.3 Å². The fourth-order valence-electron chi connectivity index (χ4n) is 1.44. The number of aromatic nitrogens is 1. The molecule has 0 saturated heterocycles. The van der Waals surface area contributed by atoms with Crippen molar-refractivity contribution >= 4 is 17.0 Å². The summed E-state index contributed by atoms with van der Waals surface area (Å²) >= 11 is 1.73. The first-order chi connectivity index (χ1) is 6.66. The van der Waals surface area contributed by atoms with Gasteiger partial charge in [-0.15, -0.1) is 11.3 Å². The van der Waals surface area contributed by atoms with Crippen molar-refractivity contribution < 1.29 is 0 Å². The second kappa shape index (κ2) is 4.42. The van der Waals surface area contributed by atoms with Crippen molar-refractivity contribution in [2.24, 2.45) is 0 Å². The van der Waals surface area contributed by atoms with E-state index in [0.717, 1.165) is 22.0 Å². The molecular weight excluding hydrogens is 206 g/mol. The Bertz CT molecular complexity index is 445. The number of nitrogens with two attached hydrogens (primary N) is 1. The fraction of sp³-hybridized carbons (Fsp3) is 0.182. The zero-order valence-electron chi connectivity index (χ0n) is 8.95. The number of rotatable bonds is 1. The standard InChI is InChI=1S/C11H12N2S.H3N/c1-7-11(13-8(2)14-7)9-3-5-10(12)6-4-9;/h3-6H,12H2,1-2H3;1H3. The highest BCUT2D eigenvalue weighted by molar-refractivity contribution is 7.11. The molecule has 0 aliphatic heterocycles. The minimum absolute atomic E-state index is 0. The molecule has 1 aromatic heterocycles. The highest BCUT2D eigenvalue weighted by Gasteiger charge is 2.06. The van der Waals surface area contributed by atoms with Crippen LogP contribution in [0, 0.1) is 13.8 Å². The maximum atomic E-state index is 5.63. The van der Waals surface area contributed by atoms with Gasteiger partial charge in [0.2, 0.25) is 0 Å². The molecule has 0 spiro atoms. The minimum atomic E-state index is 0. The van der Waals surface area contributed by atoms with Crippen LogP contribution in [0.1, 0.15) is 9.88 Å². The highest BCUT2D eigenvalue weighted by Crippen LogP contribution is 2.27. The molecule has 3 nitrogen and oxygen atoms in total. The van der Waals surface area contributed by atoms with Crippen LogP contribution in [0.4, 0.5) is 5.69 Å². The number of nitrogen functional groups attached to an aromatic ring is 1. The number of thiazole rings is 1. The number of benzene rings is 1. The van der Waals surface area contributed by atoms with E-state index < -0.39 is 0 Å². The topological polar surface area (TPSA) is 73.9 Å². The molecule has 0 unspecified atom stereocenters. The summed E-state index contributed by atoms with van der Waals surface area (Å²) in [4.78, 5) is 5.74. The Morgan fingerprint density at radius 3 is 2.20 bits per heavy atom. The quantitative estimate of drug-likeness (QED) is 0.726. The molecule has 4 heteroatoms. The van der Waals surface area contributed by atoms with Gasteiger partial charge in [0.25, 0.3) is 0 Å². The molecule has 0 aliphatic rings. The van der Waals surface area contributed by atoms with Gasteiger partial charge in [-0.25, -0.2) is 4.98 Å². The summed E-state index contributed by atoms with van der Waals surface area (Å²) in [6.45, 7) is 4.12. The molecule has 5 N–H and O–H groups in total. The van der Waals surface area contributed by atoms with E-state index in [-0.39, 0.29) is 6.15 Å². The van der Waals surface area contributed by atoms with E-state index >= 15 is 0 Å². The van der Waals surface area contributed by atoms with E-state index in [2.05, 4.69) is 11.9 Å². The molecule has 0 bridgehead atoms. The highest BCUT2D eigenvalue weighted by atomic mass is 32.1. The Balaban J connectivity index is 0.00000112. The summed E-state index contributed by atoms with van der Waals surface area (Å²) in [6.07, 6.45) is 0. The van der Waals surface area contributed by atoms with Gasteiger partial charge in [0.15, 0.2) is 0 Å². The first kappa shape index (κ1) is 11.7. The van der Waals surface area contributed by atoms with Crippen LogP contribution < -0.4 is 11.9 Å². The van der Waals surface area contributed by atoms with Crippen molar-refractivity contribution in [3.8, 4) is 11.3 Å². The Morgan fingerprint density at radius 1 is 1.13 bits per heavy atom. The number of hydrogen-bond acceptors (Lipinski definition) is 4. The smallest absolute Gasteiger partial charge is 0.0904 e. The molecule has 0 saturated carbocycles. The summed E-state index contributed by atoms with van der Waals surface area (Å²) in [5, 5.41) is 1.11. The predicted octanol–water partition coefficient (Wildman–Crippen LogP) is 3.17. The molecule has 15 heavy (non-hydrogen) atoms. The largest absolute Gasteiger partial charge is 0.399 e. The van der Waals surface area contributed by atoms with Gasteiger partial charge in [-0.1, -0.05) is 12.1 Å². The number of nitrogens with zero attached hydrogens (tertiary/aromatic N) is 1. The summed E-state index contributed by atoms with van der Waals surface area (Å²) < 4.78 is 0. The molecule has 0 amide bonds. The van der Waals surface area contributed by atoms with Crippen LogP contribution in [0.2, 0.25) is 0 Å². The normalized spacial score (nSPS) is 9.73. The molecule has 0 atom stereocenters. The lowest BCUT2D eigenvalue weighted by atomic mass is 10.1. The van der Waals surface area contributed by atoms with Gasteiger partial charge in [-0.3, -0.25) is 0 Å². The number of aryl methyl sites for hydroxylation is 2. The SMILES string of the molecule is Cc1nc(-c2ccc(N)cc2)c(C)s1.N. The zero-order chi connectivity index (χ0) is 10.1. The average molecular weight is 221 g/mol. The number of anilines is 1. The van der Waals surface area contributed by atoms with E-state index in [1.165, 1.54) is 4.88 Å². The lowest BCUT2D eigenvalue weighted by molar-refractivity contribution is 1.28. The van der Waals surface area contributed by atoms with Gasteiger partial charge < -0.3 is 11.9 Å². The molecule has 2 aromatic rings. The van der Waals surface area contributed by atoms with E-state index in [1.807, 2.05) is 31.2 Å². The average Bonchev–Trinajstić information content (AvgIpc) is 2.47. The van der Waals surface area contributed by atoms with Gasteiger partial charge >= 0.3 is 0 Å². The van der Waals surface area contributed by atoms with Gasteiger partial charge in [-0.2, -0.15) is 0 Å². The van der Waals surface area contributed by atoms with E-state index in [0.29, 0.717) is 0 Å². The third-order valence-corrected chi connectivity index (χ3v) is 2.97. The lowest BCUT2D eigenvalue weighted by Gasteiger charge is -1.98. The number of hydrogen-bond donors (Lipinski definition) is 2. The first-order valence-electron chi connectivity index (χ1n) is 4.47. The zero-order valence-corrected chi connectivity index (χ0v) is 9.77. The maximum absolute atomic E-state index is 5.63. The summed E-state index contributed by atoms with van der Waals surface area (Å²) in [7, 11) is 0. The van der Waals surface area contributed by atoms with Crippen LogP contribution in [0.5, 0.6) is 0 Å². The molecule has 80 valence electrons. The monoisotopic (exact) mass is 221 g/mol. The van der Waals surface area contributed by atoms with Gasteiger partial charge in [-0.05, 0) is 26.0 Å².